The van der Waals surface area contributed by atoms with Gasteiger partial charge in [-0.3, -0.25) is 14.3 Å². The van der Waals surface area contributed by atoms with Crippen molar-refractivity contribution in [1.29, 1.82) is 0 Å². The number of carbonyl (C=O) groups excluding carboxylic acids is 2. The summed E-state index contributed by atoms with van der Waals surface area (Å²) in [5, 5.41) is 7.11. The number of carbonyl (C=O) groups is 2. The number of benzene rings is 2. The summed E-state index contributed by atoms with van der Waals surface area (Å²) in [4.78, 5) is 37.7. The predicted molar refractivity (Wildman–Crippen MR) is 127 cm³/mol. The summed E-state index contributed by atoms with van der Waals surface area (Å²) in [6.45, 7) is 2.93. The molecular weight excluding hydrogens is 507 g/mol. The molecule has 13 heteroatoms. The van der Waals surface area contributed by atoms with Gasteiger partial charge in [-0.1, -0.05) is 41.4 Å². The largest absolute Gasteiger partial charge is 0.449 e. The van der Waals surface area contributed by atoms with Gasteiger partial charge in [-0.25, -0.2) is 23.0 Å². The quantitative estimate of drug-likeness (QED) is 0.472. The van der Waals surface area contributed by atoms with Crippen LogP contribution in [0.1, 0.15) is 23.0 Å². The van der Waals surface area contributed by atoms with E-state index in [1.807, 2.05) is 6.07 Å². The van der Waals surface area contributed by atoms with Crippen LogP contribution in [-0.4, -0.2) is 35.8 Å². The third-order valence-corrected chi connectivity index (χ3v) is 6.69. The lowest BCUT2D eigenvalue weighted by molar-refractivity contribution is -0.123. The van der Waals surface area contributed by atoms with Crippen LogP contribution < -0.4 is 16.0 Å². The van der Waals surface area contributed by atoms with Crippen molar-refractivity contribution in [2.24, 2.45) is 12.2 Å². The molecule has 0 fully saturated rings. The van der Waals surface area contributed by atoms with E-state index in [0.29, 0.717) is 11.4 Å². The number of para-hydroxylation sites is 1. The highest BCUT2D eigenvalue weighted by molar-refractivity contribution is 7.89. The van der Waals surface area contributed by atoms with E-state index in [0.717, 1.165) is 12.1 Å². The number of nitrogens with zero attached hydrogens (tertiary/aromatic N) is 2. The van der Waals surface area contributed by atoms with Crippen molar-refractivity contribution in [2.45, 2.75) is 24.8 Å². The molecule has 0 radical (unpaired) electrons. The van der Waals surface area contributed by atoms with E-state index in [2.05, 4.69) is 5.32 Å². The van der Waals surface area contributed by atoms with Crippen LogP contribution in [0.2, 0.25) is 10.0 Å². The van der Waals surface area contributed by atoms with E-state index in [1.165, 1.54) is 11.6 Å². The zero-order valence-electron chi connectivity index (χ0n) is 18.2. The van der Waals surface area contributed by atoms with Crippen LogP contribution in [0, 0.1) is 6.92 Å². The standard InChI is InChI=1S/C21H20Cl2N4O6S/c1-11-18(20(29)27(26(11)3)13-7-5-4-6-8-13)25-19(28)12(2)33-21(30)14-9-17(34(24,31)32)16(23)10-15(14)22/h4-10,12H,1-3H3,(H,25,28)(H2,24,31,32). The SMILES string of the molecule is Cc1c(NC(=O)C(C)OC(=O)c2cc(S(N)(=O)=O)c(Cl)cc2Cl)c(=O)n(-c2ccccc2)n1C. The summed E-state index contributed by atoms with van der Waals surface area (Å²) in [6.07, 6.45) is -1.36. The number of rotatable bonds is 6. The van der Waals surface area contributed by atoms with Crippen LogP contribution in [0.25, 0.3) is 5.69 Å². The Labute approximate surface area is 204 Å². The van der Waals surface area contributed by atoms with Gasteiger partial charge >= 0.3 is 5.97 Å². The van der Waals surface area contributed by atoms with Gasteiger partial charge in [0.2, 0.25) is 10.0 Å². The molecular formula is C21H20Cl2N4O6S. The maximum absolute atomic E-state index is 12.9. The molecule has 1 atom stereocenters. The number of anilines is 1. The third kappa shape index (κ3) is 5.02. The van der Waals surface area contributed by atoms with E-state index in [1.54, 1.807) is 42.9 Å². The summed E-state index contributed by atoms with van der Waals surface area (Å²) in [5.41, 5.74) is 0.259. The molecule has 2 aromatic carbocycles. The molecule has 0 aliphatic heterocycles. The minimum Gasteiger partial charge on any atom is -0.449 e. The lowest BCUT2D eigenvalue weighted by Crippen LogP contribution is -2.32. The average Bonchev–Trinajstić information content (AvgIpc) is 2.96. The third-order valence-electron chi connectivity index (χ3n) is 5.00. The van der Waals surface area contributed by atoms with Crippen LogP contribution in [0.3, 0.4) is 0 Å². The van der Waals surface area contributed by atoms with Gasteiger partial charge in [-0.15, -0.1) is 0 Å². The molecule has 1 unspecified atom stereocenters. The number of hydrogen-bond acceptors (Lipinski definition) is 6. The normalized spacial score (nSPS) is 12.3. The highest BCUT2D eigenvalue weighted by Gasteiger charge is 2.26. The highest BCUT2D eigenvalue weighted by atomic mass is 35.5. The number of nitrogens with one attached hydrogen (secondary N) is 1. The van der Waals surface area contributed by atoms with Gasteiger partial charge in [0.1, 0.15) is 10.6 Å². The van der Waals surface area contributed by atoms with Crippen molar-refractivity contribution in [1.82, 2.24) is 9.36 Å². The molecule has 3 N–H and O–H groups in total. The van der Waals surface area contributed by atoms with Gasteiger partial charge < -0.3 is 10.1 Å². The second kappa shape index (κ2) is 9.63. The molecule has 0 saturated heterocycles. The van der Waals surface area contributed by atoms with Crippen molar-refractivity contribution in [3.05, 3.63) is 74.1 Å². The zero-order valence-corrected chi connectivity index (χ0v) is 20.5. The summed E-state index contributed by atoms with van der Waals surface area (Å²) in [5.74, 6) is -1.86. The molecule has 1 aromatic heterocycles. The molecule has 1 amide bonds. The molecule has 0 bridgehead atoms. The lowest BCUT2D eigenvalue weighted by atomic mass is 10.2. The first-order valence-electron chi connectivity index (χ1n) is 9.70. The minimum atomic E-state index is -4.24. The number of sulfonamides is 1. The summed E-state index contributed by atoms with van der Waals surface area (Å²) >= 11 is 11.8. The van der Waals surface area contributed by atoms with E-state index in [4.69, 9.17) is 33.1 Å². The van der Waals surface area contributed by atoms with Crippen molar-refractivity contribution in [2.75, 3.05) is 5.32 Å². The van der Waals surface area contributed by atoms with Crippen molar-refractivity contribution in [3.8, 4) is 5.69 Å². The average molecular weight is 527 g/mol. The number of esters is 1. The fourth-order valence-electron chi connectivity index (χ4n) is 3.12. The first-order chi connectivity index (χ1) is 15.8. The van der Waals surface area contributed by atoms with Crippen LogP contribution in [0.5, 0.6) is 0 Å². The molecule has 0 saturated carbocycles. The Morgan fingerprint density at radius 1 is 1.12 bits per heavy atom. The first kappa shape index (κ1) is 25.5. The van der Waals surface area contributed by atoms with E-state index < -0.39 is 38.5 Å². The molecule has 1 heterocycles. The molecule has 180 valence electrons. The summed E-state index contributed by atoms with van der Waals surface area (Å²) in [6, 6.07) is 10.7. The monoisotopic (exact) mass is 526 g/mol. The number of hydrogen-bond donors (Lipinski definition) is 2. The highest BCUT2D eigenvalue weighted by Crippen LogP contribution is 2.28. The summed E-state index contributed by atoms with van der Waals surface area (Å²) in [7, 11) is -2.58. The van der Waals surface area contributed by atoms with Gasteiger partial charge in [0, 0.05) is 7.05 Å². The lowest BCUT2D eigenvalue weighted by Gasteiger charge is -2.14. The van der Waals surface area contributed by atoms with Gasteiger partial charge in [0.15, 0.2) is 6.10 Å². The minimum absolute atomic E-state index is 0.0142. The molecule has 0 aliphatic rings. The smallest absolute Gasteiger partial charge is 0.340 e. The molecule has 10 nitrogen and oxygen atoms in total. The van der Waals surface area contributed by atoms with Crippen molar-refractivity contribution < 1.29 is 22.7 Å². The maximum atomic E-state index is 12.9. The Hall–Kier alpha value is -3.12. The molecule has 0 aliphatic carbocycles. The summed E-state index contributed by atoms with van der Waals surface area (Å²) < 4.78 is 31.4. The van der Waals surface area contributed by atoms with Gasteiger partial charge in [0.05, 0.1) is 27.0 Å². The number of aromatic nitrogens is 2. The Morgan fingerprint density at radius 3 is 2.32 bits per heavy atom. The Morgan fingerprint density at radius 2 is 1.74 bits per heavy atom. The van der Waals surface area contributed by atoms with Crippen molar-refractivity contribution >= 4 is 50.8 Å². The Kier molecular flexibility index (Phi) is 7.22. The number of primary sulfonamides is 1. The van der Waals surface area contributed by atoms with Gasteiger partial charge in [0.25, 0.3) is 11.5 Å². The van der Waals surface area contributed by atoms with Crippen LogP contribution >= 0.6 is 23.2 Å². The zero-order chi connectivity index (χ0) is 25.4. The molecule has 3 aromatic rings. The van der Waals surface area contributed by atoms with E-state index >= 15 is 0 Å². The van der Waals surface area contributed by atoms with E-state index in [-0.39, 0.29) is 21.3 Å². The first-order valence-corrected chi connectivity index (χ1v) is 12.0. The molecule has 3 rings (SSSR count). The molecule has 0 spiro atoms. The fourth-order valence-corrected chi connectivity index (χ4v) is 4.51. The van der Waals surface area contributed by atoms with Crippen LogP contribution in [-0.2, 0) is 26.6 Å². The van der Waals surface area contributed by atoms with Gasteiger partial charge in [-0.05, 0) is 38.1 Å². The van der Waals surface area contributed by atoms with Crippen LogP contribution in [0.4, 0.5) is 5.69 Å². The molecule has 34 heavy (non-hydrogen) atoms. The second-order valence-corrected chi connectivity index (χ2v) is 9.63. The maximum Gasteiger partial charge on any atom is 0.340 e. The fraction of sp³-hybridized carbons (Fsp3) is 0.190. The number of amides is 1. The second-order valence-electron chi connectivity index (χ2n) is 7.28. The predicted octanol–water partition coefficient (Wildman–Crippen LogP) is 2.62. The van der Waals surface area contributed by atoms with Crippen molar-refractivity contribution in [3.63, 3.8) is 0 Å². The Bertz CT molecular complexity index is 1450. The Balaban J connectivity index is 1.83. The topological polar surface area (TPSA) is 142 Å². The van der Waals surface area contributed by atoms with E-state index in [9.17, 15) is 22.8 Å². The number of halogens is 2. The van der Waals surface area contributed by atoms with Crippen LogP contribution in [0.15, 0.2) is 52.2 Å². The number of ether oxygens (including phenoxy) is 1. The van der Waals surface area contributed by atoms with Gasteiger partial charge in [-0.2, -0.15) is 0 Å². The number of nitrogens with two attached hydrogens (primary N) is 1.